The quantitative estimate of drug-likeness (QED) is 0.828. The molecule has 1 aromatic heterocycles. The average molecular weight is 243 g/mol. The largest absolute Gasteiger partial charge is 0.463 e. The lowest BCUT2D eigenvalue weighted by Crippen LogP contribution is -2.09. The minimum atomic E-state index is 0.166. The van der Waals surface area contributed by atoms with Gasteiger partial charge < -0.3 is 10.1 Å². The van der Waals surface area contributed by atoms with Crippen LogP contribution < -0.4 is 10.1 Å². The molecule has 1 aliphatic carbocycles. The summed E-state index contributed by atoms with van der Waals surface area (Å²) in [7, 11) is 0. The molecule has 0 bridgehead atoms. The lowest BCUT2D eigenvalue weighted by molar-refractivity contribution is 0.276. The van der Waals surface area contributed by atoms with E-state index in [0.29, 0.717) is 24.5 Å². The SMILES string of the molecule is CCCNc1nc(Cl)nc(OCC2CC2)n1. The Morgan fingerprint density at radius 2 is 2.19 bits per heavy atom. The van der Waals surface area contributed by atoms with E-state index in [9.17, 15) is 0 Å². The first-order valence-corrected chi connectivity index (χ1v) is 5.94. The molecule has 0 spiro atoms. The Bertz CT molecular complexity index is 357. The fraction of sp³-hybridized carbons (Fsp3) is 0.700. The first-order valence-electron chi connectivity index (χ1n) is 5.56. The second kappa shape index (κ2) is 5.30. The minimum absolute atomic E-state index is 0.166. The van der Waals surface area contributed by atoms with E-state index in [1.165, 1.54) is 12.8 Å². The highest BCUT2D eigenvalue weighted by molar-refractivity contribution is 6.28. The molecule has 1 N–H and O–H groups in total. The molecule has 1 saturated carbocycles. The van der Waals surface area contributed by atoms with Gasteiger partial charge in [-0.3, -0.25) is 0 Å². The van der Waals surface area contributed by atoms with E-state index < -0.39 is 0 Å². The highest BCUT2D eigenvalue weighted by atomic mass is 35.5. The Labute approximate surface area is 99.6 Å². The molecule has 1 fully saturated rings. The summed E-state index contributed by atoms with van der Waals surface area (Å²) in [5, 5.41) is 3.22. The van der Waals surface area contributed by atoms with Crippen LogP contribution in [0.4, 0.5) is 5.95 Å². The third kappa shape index (κ3) is 3.48. The molecule has 5 nitrogen and oxygen atoms in total. The van der Waals surface area contributed by atoms with Crippen molar-refractivity contribution in [3.05, 3.63) is 5.28 Å². The van der Waals surface area contributed by atoms with Crippen molar-refractivity contribution in [3.63, 3.8) is 0 Å². The van der Waals surface area contributed by atoms with Crippen LogP contribution in [-0.2, 0) is 0 Å². The van der Waals surface area contributed by atoms with Gasteiger partial charge in [-0.05, 0) is 36.8 Å². The van der Waals surface area contributed by atoms with E-state index >= 15 is 0 Å². The fourth-order valence-electron chi connectivity index (χ4n) is 1.19. The van der Waals surface area contributed by atoms with Gasteiger partial charge in [0.15, 0.2) is 0 Å². The number of hydrogen-bond acceptors (Lipinski definition) is 5. The topological polar surface area (TPSA) is 59.9 Å². The van der Waals surface area contributed by atoms with Gasteiger partial charge in [-0.2, -0.15) is 15.0 Å². The summed E-state index contributed by atoms with van der Waals surface area (Å²) >= 11 is 5.78. The summed E-state index contributed by atoms with van der Waals surface area (Å²) < 4.78 is 5.44. The van der Waals surface area contributed by atoms with Crippen LogP contribution in [0.25, 0.3) is 0 Å². The zero-order chi connectivity index (χ0) is 11.4. The van der Waals surface area contributed by atoms with Gasteiger partial charge in [0.05, 0.1) is 6.61 Å². The monoisotopic (exact) mass is 242 g/mol. The Morgan fingerprint density at radius 3 is 2.88 bits per heavy atom. The molecular formula is C10H15ClN4O. The van der Waals surface area contributed by atoms with Gasteiger partial charge in [0.1, 0.15) is 0 Å². The maximum Gasteiger partial charge on any atom is 0.322 e. The van der Waals surface area contributed by atoms with E-state index in [4.69, 9.17) is 16.3 Å². The first kappa shape index (κ1) is 11.4. The van der Waals surface area contributed by atoms with E-state index in [1.54, 1.807) is 0 Å². The van der Waals surface area contributed by atoms with Crippen LogP contribution >= 0.6 is 11.6 Å². The van der Waals surface area contributed by atoms with Crippen molar-refractivity contribution in [2.75, 3.05) is 18.5 Å². The third-order valence-corrected chi connectivity index (χ3v) is 2.43. The number of aromatic nitrogens is 3. The molecule has 0 unspecified atom stereocenters. The number of anilines is 1. The highest BCUT2D eigenvalue weighted by Crippen LogP contribution is 2.29. The summed E-state index contributed by atoms with van der Waals surface area (Å²) in [5.74, 6) is 1.15. The highest BCUT2D eigenvalue weighted by Gasteiger charge is 2.22. The minimum Gasteiger partial charge on any atom is -0.463 e. The van der Waals surface area contributed by atoms with Gasteiger partial charge in [0, 0.05) is 6.54 Å². The van der Waals surface area contributed by atoms with Crippen LogP contribution in [0, 0.1) is 5.92 Å². The Morgan fingerprint density at radius 1 is 1.38 bits per heavy atom. The number of halogens is 1. The van der Waals surface area contributed by atoms with Gasteiger partial charge in [-0.25, -0.2) is 0 Å². The van der Waals surface area contributed by atoms with Crippen molar-refractivity contribution >= 4 is 17.5 Å². The summed E-state index contributed by atoms with van der Waals surface area (Å²) in [6.07, 6.45) is 3.47. The molecule has 2 rings (SSSR count). The molecule has 0 amide bonds. The lowest BCUT2D eigenvalue weighted by Gasteiger charge is -2.06. The second-order valence-electron chi connectivity index (χ2n) is 3.89. The molecule has 88 valence electrons. The number of hydrogen-bond donors (Lipinski definition) is 1. The number of rotatable bonds is 6. The van der Waals surface area contributed by atoms with Crippen LogP contribution in [-0.4, -0.2) is 28.1 Å². The van der Waals surface area contributed by atoms with Crippen molar-refractivity contribution in [1.29, 1.82) is 0 Å². The molecule has 1 aliphatic rings. The van der Waals surface area contributed by atoms with Gasteiger partial charge in [0.2, 0.25) is 11.2 Å². The van der Waals surface area contributed by atoms with E-state index in [2.05, 4.69) is 27.2 Å². The Hall–Kier alpha value is -1.10. The van der Waals surface area contributed by atoms with Crippen LogP contribution in [0.1, 0.15) is 26.2 Å². The normalized spacial score (nSPS) is 14.9. The zero-order valence-corrected chi connectivity index (χ0v) is 10.00. The number of nitrogens with zero attached hydrogens (tertiary/aromatic N) is 3. The third-order valence-electron chi connectivity index (χ3n) is 2.27. The first-order chi connectivity index (χ1) is 7.78. The summed E-state index contributed by atoms with van der Waals surface area (Å²) in [5.41, 5.74) is 0. The Balaban J connectivity index is 1.96. The van der Waals surface area contributed by atoms with Crippen LogP contribution in [0.2, 0.25) is 5.28 Å². The molecule has 1 heterocycles. The molecule has 1 aromatic rings. The average Bonchev–Trinajstić information content (AvgIpc) is 3.07. The molecule has 6 heteroatoms. The van der Waals surface area contributed by atoms with Gasteiger partial charge in [-0.15, -0.1) is 0 Å². The van der Waals surface area contributed by atoms with E-state index in [0.717, 1.165) is 13.0 Å². The molecular weight excluding hydrogens is 228 g/mol. The number of ether oxygens (including phenoxy) is 1. The number of nitrogens with one attached hydrogen (secondary N) is 1. The van der Waals surface area contributed by atoms with Crippen LogP contribution in [0.3, 0.4) is 0 Å². The molecule has 0 aromatic carbocycles. The lowest BCUT2D eigenvalue weighted by atomic mass is 10.5. The zero-order valence-electron chi connectivity index (χ0n) is 9.24. The van der Waals surface area contributed by atoms with E-state index in [1.807, 2.05) is 0 Å². The van der Waals surface area contributed by atoms with Crippen molar-refractivity contribution in [2.24, 2.45) is 5.92 Å². The molecule has 0 saturated heterocycles. The molecule has 0 radical (unpaired) electrons. The molecule has 16 heavy (non-hydrogen) atoms. The van der Waals surface area contributed by atoms with Crippen molar-refractivity contribution in [1.82, 2.24) is 15.0 Å². The smallest absolute Gasteiger partial charge is 0.322 e. The van der Waals surface area contributed by atoms with Gasteiger partial charge in [-0.1, -0.05) is 6.92 Å². The predicted molar refractivity (Wildman–Crippen MR) is 61.8 cm³/mol. The van der Waals surface area contributed by atoms with Crippen LogP contribution in [0.15, 0.2) is 0 Å². The molecule has 0 atom stereocenters. The standard InChI is InChI=1S/C10H15ClN4O/c1-2-5-12-9-13-8(11)14-10(15-9)16-6-7-3-4-7/h7H,2-6H2,1H3,(H,12,13,14,15). The summed E-state index contributed by atoms with van der Waals surface area (Å²) in [6.45, 7) is 3.55. The van der Waals surface area contributed by atoms with Crippen molar-refractivity contribution in [3.8, 4) is 6.01 Å². The molecule has 0 aliphatic heterocycles. The Kier molecular flexibility index (Phi) is 3.77. The van der Waals surface area contributed by atoms with E-state index in [-0.39, 0.29) is 5.28 Å². The van der Waals surface area contributed by atoms with Crippen molar-refractivity contribution in [2.45, 2.75) is 26.2 Å². The van der Waals surface area contributed by atoms with Crippen LogP contribution in [0.5, 0.6) is 6.01 Å². The summed E-state index contributed by atoms with van der Waals surface area (Å²) in [4.78, 5) is 12.0. The fourth-order valence-corrected chi connectivity index (χ4v) is 1.34. The van der Waals surface area contributed by atoms with Crippen molar-refractivity contribution < 1.29 is 4.74 Å². The predicted octanol–water partition coefficient (Wildman–Crippen LogP) is 2.14. The van der Waals surface area contributed by atoms with Gasteiger partial charge >= 0.3 is 6.01 Å². The summed E-state index contributed by atoms with van der Waals surface area (Å²) in [6, 6.07) is 0.311. The maximum absolute atomic E-state index is 5.78. The second-order valence-corrected chi connectivity index (χ2v) is 4.23. The maximum atomic E-state index is 5.78. The van der Waals surface area contributed by atoms with Gasteiger partial charge in [0.25, 0.3) is 0 Å².